The van der Waals surface area contributed by atoms with Gasteiger partial charge >= 0.3 is 0 Å². The monoisotopic (exact) mass is 309 g/mol. The smallest absolute Gasteiger partial charge is 0.252 e. The molecule has 118 valence electrons. The third-order valence-electron chi connectivity index (χ3n) is 4.05. The molecule has 0 aliphatic carbocycles. The van der Waals surface area contributed by atoms with Gasteiger partial charge in [-0.3, -0.25) is 9.78 Å². The number of carbonyl (C=O) groups excluding carboxylic acids is 1. The molecule has 0 fully saturated rings. The molecule has 2 heterocycles. The zero-order chi connectivity index (χ0) is 16.3. The maximum absolute atomic E-state index is 13.3. The summed E-state index contributed by atoms with van der Waals surface area (Å²) in [5.74, 6) is -0.230. The van der Waals surface area contributed by atoms with Crippen LogP contribution in [0.25, 0.3) is 0 Å². The van der Waals surface area contributed by atoms with Crippen molar-refractivity contribution >= 4 is 5.91 Å². The van der Waals surface area contributed by atoms with E-state index in [1.165, 1.54) is 24.2 Å². The topological polar surface area (TPSA) is 66.2 Å². The average Bonchev–Trinajstić information content (AvgIpc) is 2.74. The van der Waals surface area contributed by atoms with Crippen LogP contribution in [0.15, 0.2) is 12.4 Å². The van der Waals surface area contributed by atoms with E-state index in [1.807, 2.05) is 6.07 Å². The predicted molar refractivity (Wildman–Crippen MR) is 74.3 cm³/mol. The van der Waals surface area contributed by atoms with Gasteiger partial charge in [-0.2, -0.15) is 5.26 Å². The molecular formula is C15H17F2N3O2. The lowest BCUT2D eigenvalue weighted by atomic mass is 9.86. The minimum absolute atomic E-state index is 0.0458. The first kappa shape index (κ1) is 16.1. The van der Waals surface area contributed by atoms with Gasteiger partial charge in [0, 0.05) is 18.0 Å². The Labute approximate surface area is 127 Å². The van der Waals surface area contributed by atoms with Crippen LogP contribution in [0.2, 0.25) is 0 Å². The zero-order valence-corrected chi connectivity index (χ0v) is 12.5. The Balaban J connectivity index is 2.32. The van der Waals surface area contributed by atoms with Crippen molar-refractivity contribution in [3.05, 3.63) is 23.5 Å². The Kier molecular flexibility index (Phi) is 4.59. The summed E-state index contributed by atoms with van der Waals surface area (Å²) in [5.41, 5.74) is -0.887. The molecule has 7 heteroatoms. The molecule has 1 atom stereocenters. The summed E-state index contributed by atoms with van der Waals surface area (Å²) in [6.07, 6.45) is 0.181. The summed E-state index contributed by atoms with van der Waals surface area (Å²) in [7, 11) is 0. The van der Waals surface area contributed by atoms with Gasteiger partial charge in [-0.05, 0) is 13.3 Å². The SMILES string of the molecule is CCC(C)(C(=O)N1CCOc2c(C#N)cncc2C1)C(F)F. The number of hydrogen-bond donors (Lipinski definition) is 0. The van der Waals surface area contributed by atoms with Crippen LogP contribution in [-0.2, 0) is 11.3 Å². The summed E-state index contributed by atoms with van der Waals surface area (Å²) < 4.78 is 32.1. The van der Waals surface area contributed by atoms with Gasteiger partial charge in [-0.25, -0.2) is 8.78 Å². The number of amides is 1. The quantitative estimate of drug-likeness (QED) is 0.859. The third kappa shape index (κ3) is 2.73. The van der Waals surface area contributed by atoms with Crippen molar-refractivity contribution < 1.29 is 18.3 Å². The molecule has 0 spiro atoms. The number of aromatic nitrogens is 1. The number of rotatable bonds is 3. The van der Waals surface area contributed by atoms with E-state index < -0.39 is 17.7 Å². The Morgan fingerprint density at radius 1 is 1.59 bits per heavy atom. The molecule has 22 heavy (non-hydrogen) atoms. The van der Waals surface area contributed by atoms with Gasteiger partial charge in [0.05, 0.1) is 13.1 Å². The number of hydrogen-bond acceptors (Lipinski definition) is 4. The van der Waals surface area contributed by atoms with Gasteiger partial charge in [0.15, 0.2) is 0 Å². The van der Waals surface area contributed by atoms with E-state index in [-0.39, 0.29) is 31.7 Å². The predicted octanol–water partition coefficient (Wildman–Crippen LogP) is 2.36. The number of fused-ring (bicyclic) bond motifs is 1. The zero-order valence-electron chi connectivity index (χ0n) is 12.5. The molecule has 1 amide bonds. The molecule has 1 aliphatic heterocycles. The van der Waals surface area contributed by atoms with Gasteiger partial charge in [0.2, 0.25) is 5.91 Å². The first-order valence-corrected chi connectivity index (χ1v) is 7.01. The van der Waals surface area contributed by atoms with E-state index in [0.29, 0.717) is 11.3 Å². The van der Waals surface area contributed by atoms with Crippen LogP contribution in [0.5, 0.6) is 5.75 Å². The lowest BCUT2D eigenvalue weighted by Crippen LogP contribution is -2.46. The van der Waals surface area contributed by atoms with Crippen LogP contribution in [0.4, 0.5) is 8.78 Å². The lowest BCUT2D eigenvalue weighted by molar-refractivity contribution is -0.151. The van der Waals surface area contributed by atoms with Crippen LogP contribution in [0, 0.1) is 16.7 Å². The van der Waals surface area contributed by atoms with Crippen molar-refractivity contribution in [2.24, 2.45) is 5.41 Å². The highest BCUT2D eigenvalue weighted by Gasteiger charge is 2.43. The maximum Gasteiger partial charge on any atom is 0.252 e. The van der Waals surface area contributed by atoms with Crippen LogP contribution >= 0.6 is 0 Å². The second-order valence-corrected chi connectivity index (χ2v) is 5.43. The van der Waals surface area contributed by atoms with E-state index in [2.05, 4.69) is 4.98 Å². The molecular weight excluding hydrogens is 292 g/mol. The highest BCUT2D eigenvalue weighted by atomic mass is 19.3. The normalized spacial score (nSPS) is 17.0. The molecule has 0 saturated carbocycles. The van der Waals surface area contributed by atoms with Crippen molar-refractivity contribution in [2.45, 2.75) is 33.2 Å². The van der Waals surface area contributed by atoms with Crippen molar-refractivity contribution in [3.8, 4) is 11.8 Å². The number of nitrogens with zero attached hydrogens (tertiary/aromatic N) is 3. The largest absolute Gasteiger partial charge is 0.490 e. The molecule has 1 aromatic rings. The minimum atomic E-state index is -2.74. The summed E-state index contributed by atoms with van der Waals surface area (Å²) in [6, 6.07) is 1.98. The molecule has 1 aliphatic rings. The van der Waals surface area contributed by atoms with Crippen LogP contribution in [0.1, 0.15) is 31.4 Å². The van der Waals surface area contributed by atoms with Gasteiger partial charge < -0.3 is 9.64 Å². The van der Waals surface area contributed by atoms with E-state index in [9.17, 15) is 13.6 Å². The first-order valence-electron chi connectivity index (χ1n) is 7.01. The number of ether oxygens (including phenoxy) is 1. The van der Waals surface area contributed by atoms with Gasteiger partial charge in [-0.1, -0.05) is 6.92 Å². The highest BCUT2D eigenvalue weighted by Crippen LogP contribution is 2.34. The second kappa shape index (κ2) is 6.26. The molecule has 0 aromatic carbocycles. The standard InChI is InChI=1S/C15H17F2N3O2/c1-3-15(2,13(16)17)14(21)20-4-5-22-12-10(6-18)7-19-8-11(12)9-20/h7-8,13H,3-5,9H2,1-2H3. The van der Waals surface area contributed by atoms with Gasteiger partial charge in [0.25, 0.3) is 6.43 Å². The Hall–Kier alpha value is -2.23. The highest BCUT2D eigenvalue weighted by molar-refractivity contribution is 5.83. The number of halogens is 2. The lowest BCUT2D eigenvalue weighted by Gasteiger charge is -2.32. The van der Waals surface area contributed by atoms with Crippen molar-refractivity contribution in [3.63, 3.8) is 0 Å². The summed E-state index contributed by atoms with van der Waals surface area (Å²) in [5, 5.41) is 9.05. The first-order chi connectivity index (χ1) is 10.4. The van der Waals surface area contributed by atoms with E-state index in [0.717, 1.165) is 0 Å². The van der Waals surface area contributed by atoms with Crippen molar-refractivity contribution in [2.75, 3.05) is 13.2 Å². The minimum Gasteiger partial charge on any atom is -0.490 e. The summed E-state index contributed by atoms with van der Waals surface area (Å²) in [4.78, 5) is 17.8. The Bertz CT molecular complexity index is 615. The fourth-order valence-electron chi connectivity index (χ4n) is 2.33. The number of carbonyl (C=O) groups is 1. The van der Waals surface area contributed by atoms with Crippen molar-refractivity contribution in [1.29, 1.82) is 5.26 Å². The Morgan fingerprint density at radius 2 is 2.32 bits per heavy atom. The average molecular weight is 309 g/mol. The van der Waals surface area contributed by atoms with E-state index in [4.69, 9.17) is 10.00 Å². The van der Waals surface area contributed by atoms with E-state index >= 15 is 0 Å². The number of pyridine rings is 1. The third-order valence-corrected chi connectivity index (χ3v) is 4.05. The number of nitriles is 1. The molecule has 0 radical (unpaired) electrons. The molecule has 2 rings (SSSR count). The molecule has 0 bridgehead atoms. The fourth-order valence-corrected chi connectivity index (χ4v) is 2.33. The van der Waals surface area contributed by atoms with Crippen LogP contribution in [-0.4, -0.2) is 35.4 Å². The maximum atomic E-state index is 13.3. The van der Waals surface area contributed by atoms with E-state index in [1.54, 1.807) is 6.92 Å². The Morgan fingerprint density at radius 3 is 2.91 bits per heavy atom. The molecule has 1 unspecified atom stereocenters. The van der Waals surface area contributed by atoms with Gasteiger partial charge in [0.1, 0.15) is 29.4 Å². The van der Waals surface area contributed by atoms with Crippen LogP contribution in [0.3, 0.4) is 0 Å². The number of alkyl halides is 2. The molecule has 0 saturated heterocycles. The van der Waals surface area contributed by atoms with Crippen LogP contribution < -0.4 is 4.74 Å². The fraction of sp³-hybridized carbons (Fsp3) is 0.533. The summed E-state index contributed by atoms with van der Waals surface area (Å²) >= 11 is 0. The van der Waals surface area contributed by atoms with Crippen molar-refractivity contribution in [1.82, 2.24) is 9.88 Å². The summed E-state index contributed by atoms with van der Waals surface area (Å²) in [6.45, 7) is 3.30. The molecule has 1 aromatic heterocycles. The molecule has 5 nitrogen and oxygen atoms in total. The second-order valence-electron chi connectivity index (χ2n) is 5.43. The molecule has 0 N–H and O–H groups in total. The van der Waals surface area contributed by atoms with Gasteiger partial charge in [-0.15, -0.1) is 0 Å².